The number of carbonyl (C=O) groups is 1. The molecule has 0 radical (unpaired) electrons. The Kier molecular flexibility index (Phi) is 2.24. The van der Waals surface area contributed by atoms with E-state index in [-0.39, 0.29) is 23.9 Å². The van der Waals surface area contributed by atoms with E-state index in [0.717, 1.165) is 25.7 Å². The lowest BCUT2D eigenvalue weighted by Crippen LogP contribution is -2.46. The molecule has 2 saturated heterocycles. The molecule has 2 bridgehead atoms. The predicted octanol–water partition coefficient (Wildman–Crippen LogP) is 1.43. The van der Waals surface area contributed by atoms with Gasteiger partial charge in [-0.1, -0.05) is 0 Å². The molecule has 3 rings (SSSR count). The van der Waals surface area contributed by atoms with Gasteiger partial charge in [0.25, 0.3) is 0 Å². The van der Waals surface area contributed by atoms with Crippen LogP contribution in [-0.2, 0) is 0 Å². The van der Waals surface area contributed by atoms with E-state index in [1.54, 1.807) is 15.8 Å². The Morgan fingerprint density at radius 3 is 2.41 bits per heavy atom. The van der Waals surface area contributed by atoms with E-state index in [1.807, 2.05) is 0 Å². The average Bonchev–Trinajstić information content (AvgIpc) is 2.81. The molecule has 0 unspecified atom stereocenters. The Balaban J connectivity index is 1.80. The molecule has 2 aliphatic heterocycles. The van der Waals surface area contributed by atoms with Crippen LogP contribution in [0.2, 0.25) is 0 Å². The quantitative estimate of drug-likeness (QED) is 0.774. The summed E-state index contributed by atoms with van der Waals surface area (Å²) in [6.07, 6.45) is 5.71. The van der Waals surface area contributed by atoms with Gasteiger partial charge in [-0.15, -0.1) is 0 Å². The molecular formula is C11H15N3O3. The molecule has 2 fully saturated rings. The van der Waals surface area contributed by atoms with Crippen LogP contribution in [0.1, 0.15) is 31.7 Å². The summed E-state index contributed by atoms with van der Waals surface area (Å²) in [7, 11) is 0. The van der Waals surface area contributed by atoms with Gasteiger partial charge in [0.1, 0.15) is 0 Å². The predicted molar refractivity (Wildman–Crippen MR) is 58.8 cm³/mol. The topological polar surface area (TPSA) is 78.6 Å². The summed E-state index contributed by atoms with van der Waals surface area (Å²) in [5.41, 5.74) is 0. The number of hydrogen-bond acceptors (Lipinski definition) is 3. The van der Waals surface area contributed by atoms with Crippen molar-refractivity contribution in [2.24, 2.45) is 0 Å². The van der Waals surface area contributed by atoms with E-state index < -0.39 is 6.09 Å². The van der Waals surface area contributed by atoms with E-state index in [0.29, 0.717) is 0 Å². The molecule has 2 N–H and O–H groups in total. The standard InChI is InChI=1S/C11H15N3O3/c15-10-5-12-13(6-10)9-3-7-1-2-8(4-9)14(7)11(16)17/h5-9,15H,1-4H2,(H,16,17)/t7-,8+,9-. The first kappa shape index (κ1) is 10.4. The van der Waals surface area contributed by atoms with Crippen molar-refractivity contribution in [1.82, 2.24) is 14.7 Å². The van der Waals surface area contributed by atoms with E-state index in [1.165, 1.54) is 6.20 Å². The van der Waals surface area contributed by atoms with E-state index in [4.69, 9.17) is 5.11 Å². The number of aromatic nitrogens is 2. The maximum absolute atomic E-state index is 11.1. The normalized spacial score (nSPS) is 31.8. The molecule has 92 valence electrons. The smallest absolute Gasteiger partial charge is 0.407 e. The minimum Gasteiger partial charge on any atom is -0.505 e. The van der Waals surface area contributed by atoms with Gasteiger partial charge in [0.2, 0.25) is 0 Å². The Labute approximate surface area is 98.5 Å². The van der Waals surface area contributed by atoms with Crippen LogP contribution in [0.5, 0.6) is 5.75 Å². The minimum absolute atomic E-state index is 0.114. The first-order valence-corrected chi connectivity index (χ1v) is 5.89. The van der Waals surface area contributed by atoms with Gasteiger partial charge in [-0.25, -0.2) is 4.79 Å². The fourth-order valence-corrected chi connectivity index (χ4v) is 3.20. The van der Waals surface area contributed by atoms with Gasteiger partial charge in [-0.3, -0.25) is 4.68 Å². The molecule has 3 atom stereocenters. The molecule has 0 aromatic carbocycles. The van der Waals surface area contributed by atoms with Gasteiger partial charge in [0.15, 0.2) is 5.75 Å². The maximum atomic E-state index is 11.1. The number of amides is 1. The van der Waals surface area contributed by atoms with Crippen molar-refractivity contribution in [3.63, 3.8) is 0 Å². The lowest BCUT2D eigenvalue weighted by molar-refractivity contribution is 0.0845. The van der Waals surface area contributed by atoms with Crippen molar-refractivity contribution in [1.29, 1.82) is 0 Å². The first-order valence-electron chi connectivity index (χ1n) is 5.89. The molecular weight excluding hydrogens is 222 g/mol. The summed E-state index contributed by atoms with van der Waals surface area (Å²) >= 11 is 0. The number of nitrogens with zero attached hydrogens (tertiary/aromatic N) is 3. The van der Waals surface area contributed by atoms with Crippen LogP contribution >= 0.6 is 0 Å². The zero-order valence-corrected chi connectivity index (χ0v) is 9.36. The van der Waals surface area contributed by atoms with Gasteiger partial charge < -0.3 is 15.1 Å². The fourth-order valence-electron chi connectivity index (χ4n) is 3.20. The second-order valence-corrected chi connectivity index (χ2v) is 4.88. The lowest BCUT2D eigenvalue weighted by Gasteiger charge is -2.37. The van der Waals surface area contributed by atoms with Crippen molar-refractivity contribution < 1.29 is 15.0 Å². The molecule has 6 heteroatoms. The summed E-state index contributed by atoms with van der Waals surface area (Å²) in [6, 6.07) is 0.439. The summed E-state index contributed by atoms with van der Waals surface area (Å²) in [4.78, 5) is 12.7. The van der Waals surface area contributed by atoms with Gasteiger partial charge in [-0.2, -0.15) is 5.10 Å². The number of rotatable bonds is 1. The SMILES string of the molecule is O=C(O)N1[C@@H]2CC[C@H]1C[C@H](n1cc(O)cn1)C2. The van der Waals surface area contributed by atoms with Crippen molar-refractivity contribution in [3.8, 4) is 5.75 Å². The maximum Gasteiger partial charge on any atom is 0.407 e. The van der Waals surface area contributed by atoms with Crippen LogP contribution < -0.4 is 0 Å². The third kappa shape index (κ3) is 1.64. The van der Waals surface area contributed by atoms with Crippen molar-refractivity contribution in [2.75, 3.05) is 0 Å². The minimum atomic E-state index is -0.806. The van der Waals surface area contributed by atoms with Gasteiger partial charge in [0, 0.05) is 12.1 Å². The van der Waals surface area contributed by atoms with Gasteiger partial charge >= 0.3 is 6.09 Å². The number of aromatic hydroxyl groups is 1. The summed E-state index contributed by atoms with van der Waals surface area (Å²) < 4.78 is 1.76. The van der Waals surface area contributed by atoms with Crippen LogP contribution in [-0.4, -0.2) is 43.1 Å². The molecule has 0 saturated carbocycles. The number of carboxylic acid groups (broad SMARTS) is 1. The molecule has 0 aliphatic carbocycles. The number of fused-ring (bicyclic) bond motifs is 2. The summed E-state index contributed by atoms with van der Waals surface area (Å²) in [5, 5.41) is 22.5. The average molecular weight is 237 g/mol. The van der Waals surface area contributed by atoms with Crippen molar-refractivity contribution in [2.45, 2.75) is 43.8 Å². The Morgan fingerprint density at radius 1 is 1.29 bits per heavy atom. The molecule has 1 aromatic rings. The Morgan fingerprint density at radius 2 is 1.94 bits per heavy atom. The molecule has 0 spiro atoms. The highest BCUT2D eigenvalue weighted by Gasteiger charge is 2.44. The van der Waals surface area contributed by atoms with E-state index >= 15 is 0 Å². The van der Waals surface area contributed by atoms with Crippen LogP contribution in [0.15, 0.2) is 12.4 Å². The number of piperidine rings is 1. The van der Waals surface area contributed by atoms with E-state index in [9.17, 15) is 9.90 Å². The second kappa shape index (κ2) is 3.65. The van der Waals surface area contributed by atoms with Gasteiger partial charge in [-0.05, 0) is 25.7 Å². The van der Waals surface area contributed by atoms with Gasteiger partial charge in [0.05, 0.1) is 18.4 Å². The third-order valence-electron chi connectivity index (χ3n) is 3.89. The fraction of sp³-hybridized carbons (Fsp3) is 0.636. The van der Waals surface area contributed by atoms with Crippen LogP contribution in [0.3, 0.4) is 0 Å². The second-order valence-electron chi connectivity index (χ2n) is 4.88. The molecule has 1 aromatic heterocycles. The lowest BCUT2D eigenvalue weighted by atomic mass is 9.98. The highest BCUT2D eigenvalue weighted by Crippen LogP contribution is 2.40. The van der Waals surface area contributed by atoms with Crippen LogP contribution in [0.4, 0.5) is 4.79 Å². The Hall–Kier alpha value is -1.72. The highest BCUT2D eigenvalue weighted by molar-refractivity contribution is 5.66. The zero-order valence-electron chi connectivity index (χ0n) is 9.36. The molecule has 3 heterocycles. The monoisotopic (exact) mass is 237 g/mol. The van der Waals surface area contributed by atoms with Crippen molar-refractivity contribution in [3.05, 3.63) is 12.4 Å². The summed E-state index contributed by atoms with van der Waals surface area (Å²) in [6.45, 7) is 0. The van der Waals surface area contributed by atoms with E-state index in [2.05, 4.69) is 5.10 Å². The Bertz CT molecular complexity index is 431. The van der Waals surface area contributed by atoms with Crippen molar-refractivity contribution >= 4 is 6.09 Å². The molecule has 2 aliphatic rings. The number of hydrogen-bond donors (Lipinski definition) is 2. The molecule has 17 heavy (non-hydrogen) atoms. The third-order valence-corrected chi connectivity index (χ3v) is 3.89. The highest BCUT2D eigenvalue weighted by atomic mass is 16.4. The largest absolute Gasteiger partial charge is 0.505 e. The van der Waals surface area contributed by atoms with Crippen LogP contribution in [0, 0.1) is 0 Å². The van der Waals surface area contributed by atoms with Crippen LogP contribution in [0.25, 0.3) is 0 Å². The summed E-state index contributed by atoms with van der Waals surface area (Å²) in [5.74, 6) is 0.165. The zero-order chi connectivity index (χ0) is 12.0. The molecule has 6 nitrogen and oxygen atoms in total. The molecule has 1 amide bonds. The first-order chi connectivity index (χ1) is 8.15.